The Morgan fingerprint density at radius 3 is 2.75 bits per heavy atom. The molecule has 0 spiro atoms. The second kappa shape index (κ2) is 5.56. The Kier molecular flexibility index (Phi) is 4.18. The van der Waals surface area contributed by atoms with Crippen molar-refractivity contribution >= 4 is 5.97 Å². The van der Waals surface area contributed by atoms with Gasteiger partial charge >= 0.3 is 5.97 Å². The summed E-state index contributed by atoms with van der Waals surface area (Å²) in [5, 5.41) is 4.64. The van der Waals surface area contributed by atoms with E-state index in [0.29, 0.717) is 19.4 Å². The number of carbonyl (C=O) groups excluding carboxylic acids is 1. The Morgan fingerprint density at radius 1 is 1.50 bits per heavy atom. The lowest BCUT2D eigenvalue weighted by atomic mass is 9.99. The van der Waals surface area contributed by atoms with Crippen LogP contribution in [0.3, 0.4) is 0 Å². The Balaban J connectivity index is 2.19. The first-order valence-corrected chi connectivity index (χ1v) is 7.43. The van der Waals surface area contributed by atoms with Gasteiger partial charge in [-0.1, -0.05) is 6.92 Å². The molecule has 1 aliphatic carbocycles. The second-order valence-electron chi connectivity index (χ2n) is 5.72. The van der Waals surface area contributed by atoms with Crippen molar-refractivity contribution in [1.82, 2.24) is 9.78 Å². The van der Waals surface area contributed by atoms with Gasteiger partial charge in [-0.3, -0.25) is 9.48 Å². The Labute approximate surface area is 120 Å². The topological polar surface area (TPSA) is 70.1 Å². The van der Waals surface area contributed by atoms with Crippen LogP contribution in [0.1, 0.15) is 56.1 Å². The van der Waals surface area contributed by atoms with Crippen LogP contribution in [0.25, 0.3) is 0 Å². The first-order valence-electron chi connectivity index (χ1n) is 7.43. The fourth-order valence-corrected chi connectivity index (χ4v) is 3.28. The summed E-state index contributed by atoms with van der Waals surface area (Å²) in [6.07, 6.45) is 3.13. The summed E-state index contributed by atoms with van der Waals surface area (Å²) in [6.45, 7) is 8.46. The van der Waals surface area contributed by atoms with Gasteiger partial charge in [-0.2, -0.15) is 5.10 Å². The minimum atomic E-state index is -0.848. The summed E-state index contributed by atoms with van der Waals surface area (Å²) >= 11 is 0. The fraction of sp³-hybridized carbons (Fsp3) is 0.733. The molecule has 0 amide bonds. The summed E-state index contributed by atoms with van der Waals surface area (Å²) in [6, 6.07) is 0.198. The number of aromatic nitrogens is 2. The standard InChI is InChI=1S/C15H25N3O2/c1-5-13-10(3)17-18(11(13)4)12-7-8-15(16,9-12)14(19)20-6-2/h12H,5-9,16H2,1-4H3. The van der Waals surface area contributed by atoms with Crippen LogP contribution < -0.4 is 5.73 Å². The van der Waals surface area contributed by atoms with Gasteiger partial charge in [0.25, 0.3) is 0 Å². The molecule has 0 aliphatic heterocycles. The molecule has 1 saturated carbocycles. The molecule has 0 saturated heterocycles. The first kappa shape index (κ1) is 15.0. The van der Waals surface area contributed by atoms with Gasteiger partial charge in [-0.05, 0) is 52.0 Å². The molecule has 1 aromatic rings. The largest absolute Gasteiger partial charge is 0.465 e. The molecule has 1 heterocycles. The van der Waals surface area contributed by atoms with Crippen LogP contribution in [0.4, 0.5) is 0 Å². The molecule has 0 radical (unpaired) electrons. The summed E-state index contributed by atoms with van der Waals surface area (Å²) < 4.78 is 7.16. The molecular weight excluding hydrogens is 254 g/mol. The van der Waals surface area contributed by atoms with E-state index in [1.165, 1.54) is 11.3 Å². The van der Waals surface area contributed by atoms with Crippen LogP contribution in [0.5, 0.6) is 0 Å². The SMILES string of the molecule is CCOC(=O)C1(N)CCC(n2nc(C)c(CC)c2C)C1. The van der Waals surface area contributed by atoms with Gasteiger partial charge in [0.1, 0.15) is 5.54 Å². The third-order valence-corrected chi connectivity index (χ3v) is 4.38. The maximum Gasteiger partial charge on any atom is 0.326 e. The molecule has 2 unspecified atom stereocenters. The van der Waals surface area contributed by atoms with Crippen molar-refractivity contribution in [2.75, 3.05) is 6.61 Å². The van der Waals surface area contributed by atoms with Gasteiger partial charge in [-0.25, -0.2) is 0 Å². The smallest absolute Gasteiger partial charge is 0.326 e. The Bertz CT molecular complexity index is 509. The van der Waals surface area contributed by atoms with Gasteiger partial charge in [0, 0.05) is 5.69 Å². The zero-order valence-electron chi connectivity index (χ0n) is 12.9. The van der Waals surface area contributed by atoms with E-state index in [4.69, 9.17) is 10.5 Å². The molecule has 112 valence electrons. The van der Waals surface area contributed by atoms with E-state index in [9.17, 15) is 4.79 Å². The van der Waals surface area contributed by atoms with Gasteiger partial charge in [0.2, 0.25) is 0 Å². The van der Waals surface area contributed by atoms with Crippen molar-refractivity contribution in [3.05, 3.63) is 17.0 Å². The van der Waals surface area contributed by atoms with Crippen LogP contribution in [0.15, 0.2) is 0 Å². The number of ether oxygens (including phenoxy) is 1. The van der Waals surface area contributed by atoms with E-state index in [1.54, 1.807) is 0 Å². The summed E-state index contributed by atoms with van der Waals surface area (Å²) in [7, 11) is 0. The molecule has 20 heavy (non-hydrogen) atoms. The number of aryl methyl sites for hydroxylation is 1. The molecular formula is C15H25N3O2. The number of hydrogen-bond acceptors (Lipinski definition) is 4. The van der Waals surface area contributed by atoms with E-state index in [2.05, 4.69) is 23.6 Å². The number of carbonyl (C=O) groups is 1. The molecule has 1 fully saturated rings. The van der Waals surface area contributed by atoms with E-state index < -0.39 is 5.54 Å². The second-order valence-corrected chi connectivity index (χ2v) is 5.72. The summed E-state index contributed by atoms with van der Waals surface area (Å²) in [4.78, 5) is 12.0. The average Bonchev–Trinajstić information content (AvgIpc) is 2.92. The van der Waals surface area contributed by atoms with E-state index in [1.807, 2.05) is 13.8 Å². The quantitative estimate of drug-likeness (QED) is 0.856. The number of esters is 1. The van der Waals surface area contributed by atoms with Gasteiger partial charge in [-0.15, -0.1) is 0 Å². The minimum absolute atomic E-state index is 0.198. The third-order valence-electron chi connectivity index (χ3n) is 4.38. The molecule has 0 aromatic carbocycles. The van der Waals surface area contributed by atoms with Crippen molar-refractivity contribution in [2.45, 2.75) is 65.0 Å². The zero-order chi connectivity index (χ0) is 14.9. The number of rotatable bonds is 4. The molecule has 2 N–H and O–H groups in total. The van der Waals surface area contributed by atoms with Gasteiger partial charge < -0.3 is 10.5 Å². The normalized spacial score (nSPS) is 25.9. The van der Waals surface area contributed by atoms with E-state index >= 15 is 0 Å². The molecule has 0 bridgehead atoms. The maximum absolute atomic E-state index is 12.0. The number of nitrogens with zero attached hydrogens (tertiary/aromatic N) is 2. The fourth-order valence-electron chi connectivity index (χ4n) is 3.28. The molecule has 5 nitrogen and oxygen atoms in total. The van der Waals surface area contributed by atoms with Crippen molar-refractivity contribution in [3.63, 3.8) is 0 Å². The van der Waals surface area contributed by atoms with Crippen molar-refractivity contribution in [3.8, 4) is 0 Å². The number of nitrogens with two attached hydrogens (primary N) is 1. The lowest BCUT2D eigenvalue weighted by Gasteiger charge is -2.22. The van der Waals surface area contributed by atoms with Crippen molar-refractivity contribution in [1.29, 1.82) is 0 Å². The predicted molar refractivity (Wildman–Crippen MR) is 77.5 cm³/mol. The van der Waals surface area contributed by atoms with E-state index in [-0.39, 0.29) is 12.0 Å². The van der Waals surface area contributed by atoms with E-state index in [0.717, 1.165) is 18.5 Å². The first-order chi connectivity index (χ1) is 9.42. The van der Waals surface area contributed by atoms with Crippen molar-refractivity contribution in [2.24, 2.45) is 5.73 Å². The lowest BCUT2D eigenvalue weighted by Crippen LogP contribution is -2.46. The van der Waals surface area contributed by atoms with Crippen molar-refractivity contribution < 1.29 is 9.53 Å². The molecule has 1 aliphatic rings. The van der Waals surface area contributed by atoms with Crippen LogP contribution in [0, 0.1) is 13.8 Å². The Hall–Kier alpha value is -1.36. The van der Waals surface area contributed by atoms with Gasteiger partial charge in [0.15, 0.2) is 0 Å². The predicted octanol–water partition coefficient (Wildman–Crippen LogP) is 2.05. The van der Waals surface area contributed by atoms with Gasteiger partial charge in [0.05, 0.1) is 18.3 Å². The Morgan fingerprint density at radius 2 is 2.20 bits per heavy atom. The van der Waals surface area contributed by atoms with Crippen LogP contribution in [-0.2, 0) is 16.0 Å². The summed E-state index contributed by atoms with van der Waals surface area (Å²) in [5.41, 5.74) is 8.96. The maximum atomic E-state index is 12.0. The lowest BCUT2D eigenvalue weighted by molar-refractivity contribution is -0.149. The molecule has 5 heteroatoms. The third kappa shape index (κ3) is 2.46. The minimum Gasteiger partial charge on any atom is -0.465 e. The highest BCUT2D eigenvalue weighted by molar-refractivity contribution is 5.81. The van der Waals surface area contributed by atoms with Crippen LogP contribution in [-0.4, -0.2) is 27.9 Å². The highest BCUT2D eigenvalue weighted by Gasteiger charge is 2.44. The van der Waals surface area contributed by atoms with Crippen LogP contribution in [0.2, 0.25) is 0 Å². The average molecular weight is 279 g/mol. The monoisotopic (exact) mass is 279 g/mol. The summed E-state index contributed by atoms with van der Waals surface area (Å²) in [5.74, 6) is -0.278. The zero-order valence-corrected chi connectivity index (χ0v) is 12.9. The molecule has 1 aromatic heterocycles. The molecule has 2 rings (SSSR count). The number of hydrogen-bond donors (Lipinski definition) is 1. The molecule has 2 atom stereocenters. The van der Waals surface area contributed by atoms with Crippen LogP contribution >= 0.6 is 0 Å². The highest BCUT2D eigenvalue weighted by Crippen LogP contribution is 2.38. The highest BCUT2D eigenvalue weighted by atomic mass is 16.5.